The standard InChI is InChI=1S/C24H28N2O4/c1-4-15-30-19-12-8-11-18(16-19)21-20(22(27)17-9-6-5-7-10-17)23(28)24(29)26(21)14-13-25(2)3/h5-12,16,21,27H,4,13-15H2,1-3H3/b22-20+/t21-/m0/s1. The predicted octanol–water partition coefficient (Wildman–Crippen LogP) is 3.46. The Morgan fingerprint density at radius 1 is 1.10 bits per heavy atom. The Morgan fingerprint density at radius 2 is 1.83 bits per heavy atom. The third-order valence-corrected chi connectivity index (χ3v) is 5.02. The molecule has 1 atom stereocenters. The lowest BCUT2D eigenvalue weighted by molar-refractivity contribution is -0.140. The molecule has 0 aliphatic carbocycles. The van der Waals surface area contributed by atoms with Gasteiger partial charge in [0.25, 0.3) is 11.7 Å². The van der Waals surface area contributed by atoms with Gasteiger partial charge in [-0.1, -0.05) is 49.4 Å². The molecule has 30 heavy (non-hydrogen) atoms. The first kappa shape index (κ1) is 21.6. The number of amides is 1. The molecule has 0 radical (unpaired) electrons. The van der Waals surface area contributed by atoms with Crippen molar-refractivity contribution in [2.24, 2.45) is 0 Å². The lowest BCUT2D eigenvalue weighted by Gasteiger charge is -2.27. The molecule has 1 fully saturated rings. The molecular formula is C24H28N2O4. The van der Waals surface area contributed by atoms with Crippen molar-refractivity contribution in [1.82, 2.24) is 9.80 Å². The lowest BCUT2D eigenvalue weighted by atomic mass is 9.95. The van der Waals surface area contributed by atoms with E-state index in [1.807, 2.05) is 56.3 Å². The Hall–Kier alpha value is -3.12. The number of ketones is 1. The maximum atomic E-state index is 13.0. The number of hydrogen-bond acceptors (Lipinski definition) is 5. The van der Waals surface area contributed by atoms with Crippen molar-refractivity contribution in [3.8, 4) is 5.75 Å². The van der Waals surface area contributed by atoms with Crippen molar-refractivity contribution >= 4 is 17.4 Å². The van der Waals surface area contributed by atoms with E-state index < -0.39 is 17.7 Å². The molecule has 6 heteroatoms. The number of ether oxygens (including phenoxy) is 1. The molecule has 1 amide bonds. The topological polar surface area (TPSA) is 70.1 Å². The minimum atomic E-state index is -0.671. The average Bonchev–Trinajstić information content (AvgIpc) is 3.01. The highest BCUT2D eigenvalue weighted by Crippen LogP contribution is 2.40. The van der Waals surface area contributed by atoms with E-state index in [9.17, 15) is 14.7 Å². The summed E-state index contributed by atoms with van der Waals surface area (Å²) in [6.45, 7) is 3.57. The molecule has 1 heterocycles. The van der Waals surface area contributed by atoms with Gasteiger partial charge >= 0.3 is 0 Å². The number of hydrogen-bond donors (Lipinski definition) is 1. The Labute approximate surface area is 177 Å². The molecule has 1 aliphatic heterocycles. The number of rotatable bonds is 8. The Bertz CT molecular complexity index is 937. The maximum absolute atomic E-state index is 13.0. The fourth-order valence-corrected chi connectivity index (χ4v) is 3.51. The third-order valence-electron chi connectivity index (χ3n) is 5.02. The van der Waals surface area contributed by atoms with E-state index in [-0.39, 0.29) is 11.3 Å². The highest BCUT2D eigenvalue weighted by molar-refractivity contribution is 6.46. The average molecular weight is 408 g/mol. The maximum Gasteiger partial charge on any atom is 0.295 e. The number of carbonyl (C=O) groups is 2. The number of benzene rings is 2. The summed E-state index contributed by atoms with van der Waals surface area (Å²) in [4.78, 5) is 29.3. The largest absolute Gasteiger partial charge is 0.507 e. The second kappa shape index (κ2) is 9.59. The summed E-state index contributed by atoms with van der Waals surface area (Å²) in [6, 6.07) is 15.6. The first-order valence-corrected chi connectivity index (χ1v) is 10.1. The van der Waals surface area contributed by atoms with Crippen molar-refractivity contribution in [3.05, 3.63) is 71.3 Å². The van der Waals surface area contributed by atoms with Crippen LogP contribution in [0.25, 0.3) is 5.76 Å². The Morgan fingerprint density at radius 3 is 2.50 bits per heavy atom. The summed E-state index contributed by atoms with van der Waals surface area (Å²) in [6.07, 6.45) is 0.875. The van der Waals surface area contributed by atoms with Crippen LogP contribution in [-0.4, -0.2) is 60.4 Å². The molecule has 6 nitrogen and oxygen atoms in total. The van der Waals surface area contributed by atoms with E-state index >= 15 is 0 Å². The summed E-state index contributed by atoms with van der Waals surface area (Å²) in [5, 5.41) is 11.0. The van der Waals surface area contributed by atoms with Gasteiger partial charge in [0.2, 0.25) is 0 Å². The molecular weight excluding hydrogens is 380 g/mol. The molecule has 1 aliphatic rings. The number of Topliss-reactive ketones (excluding diaryl/α,β-unsaturated/α-hetero) is 1. The van der Waals surface area contributed by atoms with Gasteiger partial charge in [0, 0.05) is 18.7 Å². The number of aliphatic hydroxyl groups is 1. The zero-order chi connectivity index (χ0) is 21.7. The molecule has 2 aromatic rings. The molecule has 0 aromatic heterocycles. The highest BCUT2D eigenvalue weighted by Gasteiger charge is 2.45. The zero-order valence-corrected chi connectivity index (χ0v) is 17.7. The van der Waals surface area contributed by atoms with Crippen LogP contribution in [0.2, 0.25) is 0 Å². The normalized spacial score (nSPS) is 18.3. The SMILES string of the molecule is CCCOc1cccc([C@H]2/C(=C(\O)c3ccccc3)C(=O)C(=O)N2CCN(C)C)c1. The van der Waals surface area contributed by atoms with E-state index in [2.05, 4.69) is 0 Å². The van der Waals surface area contributed by atoms with Crippen LogP contribution in [-0.2, 0) is 9.59 Å². The summed E-state index contributed by atoms with van der Waals surface area (Å²) in [5.74, 6) is -0.752. The van der Waals surface area contributed by atoms with Gasteiger partial charge in [-0.25, -0.2) is 0 Å². The Kier molecular flexibility index (Phi) is 6.90. The van der Waals surface area contributed by atoms with E-state index in [0.717, 1.165) is 12.0 Å². The summed E-state index contributed by atoms with van der Waals surface area (Å²) < 4.78 is 5.75. The predicted molar refractivity (Wildman–Crippen MR) is 116 cm³/mol. The number of nitrogens with zero attached hydrogens (tertiary/aromatic N) is 2. The van der Waals surface area contributed by atoms with Crippen molar-refractivity contribution in [2.45, 2.75) is 19.4 Å². The van der Waals surface area contributed by atoms with Crippen LogP contribution in [0.3, 0.4) is 0 Å². The quantitative estimate of drug-likeness (QED) is 0.412. The van der Waals surface area contributed by atoms with Crippen LogP contribution in [0.4, 0.5) is 0 Å². The molecule has 1 N–H and O–H groups in total. The zero-order valence-electron chi connectivity index (χ0n) is 17.7. The van der Waals surface area contributed by atoms with Gasteiger partial charge in [-0.2, -0.15) is 0 Å². The molecule has 0 unspecified atom stereocenters. The van der Waals surface area contributed by atoms with Crippen LogP contribution in [0.1, 0.15) is 30.5 Å². The molecule has 1 saturated heterocycles. The van der Waals surface area contributed by atoms with Crippen molar-refractivity contribution in [3.63, 3.8) is 0 Å². The van der Waals surface area contributed by atoms with Crippen LogP contribution < -0.4 is 4.74 Å². The van der Waals surface area contributed by atoms with E-state index in [0.29, 0.717) is 31.0 Å². The van der Waals surface area contributed by atoms with E-state index in [1.54, 1.807) is 24.3 Å². The van der Waals surface area contributed by atoms with E-state index in [1.165, 1.54) is 4.90 Å². The number of aliphatic hydroxyl groups excluding tert-OH is 1. The van der Waals surface area contributed by atoms with Crippen molar-refractivity contribution < 1.29 is 19.4 Å². The molecule has 3 rings (SSSR count). The van der Waals surface area contributed by atoms with Crippen LogP contribution in [0, 0.1) is 0 Å². The van der Waals surface area contributed by atoms with Gasteiger partial charge in [-0.05, 0) is 38.2 Å². The Balaban J connectivity index is 2.10. The molecule has 0 saturated carbocycles. The second-order valence-electron chi connectivity index (χ2n) is 7.58. The monoisotopic (exact) mass is 408 g/mol. The minimum absolute atomic E-state index is 0.109. The lowest BCUT2D eigenvalue weighted by Crippen LogP contribution is -2.35. The van der Waals surface area contributed by atoms with Crippen molar-refractivity contribution in [1.29, 1.82) is 0 Å². The van der Waals surface area contributed by atoms with Gasteiger partial charge in [0.15, 0.2) is 0 Å². The number of likely N-dealkylation sites (N-methyl/N-ethyl adjacent to an activating group) is 1. The molecule has 0 spiro atoms. The smallest absolute Gasteiger partial charge is 0.295 e. The first-order valence-electron chi connectivity index (χ1n) is 10.1. The number of carbonyl (C=O) groups excluding carboxylic acids is 2. The van der Waals surface area contributed by atoms with Crippen LogP contribution >= 0.6 is 0 Å². The summed E-state index contributed by atoms with van der Waals surface area (Å²) in [5.41, 5.74) is 1.35. The van der Waals surface area contributed by atoms with Gasteiger partial charge in [0.1, 0.15) is 11.5 Å². The van der Waals surface area contributed by atoms with Crippen LogP contribution in [0.15, 0.2) is 60.2 Å². The first-order chi connectivity index (χ1) is 14.4. The summed E-state index contributed by atoms with van der Waals surface area (Å²) in [7, 11) is 3.82. The van der Waals surface area contributed by atoms with Gasteiger partial charge in [-0.15, -0.1) is 0 Å². The van der Waals surface area contributed by atoms with E-state index in [4.69, 9.17) is 4.74 Å². The fourth-order valence-electron chi connectivity index (χ4n) is 3.51. The molecule has 158 valence electrons. The van der Waals surface area contributed by atoms with Gasteiger partial charge in [0.05, 0.1) is 18.2 Å². The second-order valence-corrected chi connectivity index (χ2v) is 7.58. The van der Waals surface area contributed by atoms with Gasteiger partial charge < -0.3 is 19.6 Å². The molecule has 2 aromatic carbocycles. The van der Waals surface area contributed by atoms with Crippen LogP contribution in [0.5, 0.6) is 5.75 Å². The third kappa shape index (κ3) is 4.54. The number of likely N-dealkylation sites (tertiary alicyclic amines) is 1. The fraction of sp³-hybridized carbons (Fsp3) is 0.333. The van der Waals surface area contributed by atoms with Crippen molar-refractivity contribution in [2.75, 3.05) is 33.8 Å². The van der Waals surface area contributed by atoms with Gasteiger partial charge in [-0.3, -0.25) is 9.59 Å². The molecule has 0 bridgehead atoms. The minimum Gasteiger partial charge on any atom is -0.507 e. The highest BCUT2D eigenvalue weighted by atomic mass is 16.5. The summed E-state index contributed by atoms with van der Waals surface area (Å²) >= 11 is 0.